The maximum Gasteiger partial charge on any atom is 0.309 e. The van der Waals surface area contributed by atoms with Gasteiger partial charge in [0, 0.05) is 29.6 Å². The fourth-order valence-corrected chi connectivity index (χ4v) is 4.81. The van der Waals surface area contributed by atoms with Gasteiger partial charge in [0.1, 0.15) is 0 Å². The predicted molar refractivity (Wildman–Crippen MR) is 136 cm³/mol. The summed E-state index contributed by atoms with van der Waals surface area (Å²) in [6.07, 6.45) is 5.57. The Labute approximate surface area is 205 Å². The van der Waals surface area contributed by atoms with E-state index < -0.39 is 16.8 Å². The van der Waals surface area contributed by atoms with Gasteiger partial charge in [0.15, 0.2) is 0 Å². The number of nitrogens with zero attached hydrogens (tertiary/aromatic N) is 1. The summed E-state index contributed by atoms with van der Waals surface area (Å²) in [5.74, 6) is -0.468. The second kappa shape index (κ2) is 10.2. The molecule has 0 unspecified atom stereocenters. The highest BCUT2D eigenvalue weighted by atomic mass is 35.5. The SMILES string of the molecule is CC(C)C1=CN(CCCC(C)(C)C(=O)O)C(=O)C[C@]1(C)c1ccc(CCC(C)(C)C)c(Cl)c1. The summed E-state index contributed by atoms with van der Waals surface area (Å²) in [4.78, 5) is 26.3. The highest BCUT2D eigenvalue weighted by Crippen LogP contribution is 2.44. The number of aryl methyl sites for hydroxylation is 1. The Bertz CT molecular complexity index is 910. The zero-order chi connectivity index (χ0) is 25.2. The maximum absolute atomic E-state index is 13.1. The molecule has 0 fully saturated rings. The van der Waals surface area contributed by atoms with Crippen LogP contribution < -0.4 is 0 Å². The van der Waals surface area contributed by atoms with E-state index in [1.54, 1.807) is 18.7 Å². The highest BCUT2D eigenvalue weighted by molar-refractivity contribution is 6.31. The van der Waals surface area contributed by atoms with E-state index in [1.807, 2.05) is 12.3 Å². The molecular formula is C28H42ClNO3. The molecule has 1 amide bonds. The lowest BCUT2D eigenvalue weighted by Crippen LogP contribution is -2.42. The van der Waals surface area contributed by atoms with E-state index in [2.05, 4.69) is 53.7 Å². The van der Waals surface area contributed by atoms with Crippen molar-refractivity contribution in [3.05, 3.63) is 46.1 Å². The molecule has 0 aromatic heterocycles. The van der Waals surface area contributed by atoms with Crippen LogP contribution in [-0.2, 0) is 21.4 Å². The van der Waals surface area contributed by atoms with Crippen LogP contribution >= 0.6 is 11.6 Å². The molecule has 4 nitrogen and oxygen atoms in total. The topological polar surface area (TPSA) is 57.6 Å². The molecule has 1 aliphatic rings. The smallest absolute Gasteiger partial charge is 0.309 e. The van der Waals surface area contributed by atoms with Gasteiger partial charge in [0.05, 0.1) is 5.41 Å². The summed E-state index contributed by atoms with van der Waals surface area (Å²) in [6.45, 7) is 17.2. The Morgan fingerprint density at radius 2 is 1.82 bits per heavy atom. The molecule has 0 saturated heterocycles. The number of carbonyl (C=O) groups is 2. The minimum atomic E-state index is -0.804. The van der Waals surface area contributed by atoms with Crippen molar-refractivity contribution in [2.75, 3.05) is 6.54 Å². The van der Waals surface area contributed by atoms with Crippen molar-refractivity contribution < 1.29 is 14.7 Å². The van der Waals surface area contributed by atoms with Gasteiger partial charge < -0.3 is 10.0 Å². The zero-order valence-electron chi connectivity index (χ0n) is 21.7. The standard InChI is InChI=1S/C28H42ClNO3/c1-19(2)22-18-30(15-9-13-27(6,7)25(32)33)24(31)17-28(22,8)21-11-10-20(23(29)16-21)12-14-26(3,4)5/h10-11,16,18-19H,9,12-15,17H2,1-8H3,(H,32,33)/t28-/m1/s1. The number of aliphatic carboxylic acids is 1. The molecule has 1 aromatic carbocycles. The van der Waals surface area contributed by atoms with Crippen molar-refractivity contribution in [1.82, 2.24) is 4.90 Å². The fourth-order valence-electron chi connectivity index (χ4n) is 4.53. The number of halogens is 1. The van der Waals surface area contributed by atoms with Crippen molar-refractivity contribution >= 4 is 23.5 Å². The summed E-state index contributed by atoms with van der Waals surface area (Å²) in [5.41, 5.74) is 2.49. The number of rotatable bonds is 9. The first-order valence-electron chi connectivity index (χ1n) is 12.1. The van der Waals surface area contributed by atoms with Crippen LogP contribution in [0.15, 0.2) is 30.0 Å². The third-order valence-electron chi connectivity index (χ3n) is 6.99. The lowest BCUT2D eigenvalue weighted by molar-refractivity contribution is -0.147. The molecule has 0 radical (unpaired) electrons. The van der Waals surface area contributed by atoms with E-state index in [0.29, 0.717) is 25.8 Å². The minimum absolute atomic E-state index is 0.0722. The second-order valence-corrected chi connectivity index (χ2v) is 12.4. The van der Waals surface area contributed by atoms with Gasteiger partial charge in [-0.15, -0.1) is 0 Å². The van der Waals surface area contributed by atoms with E-state index in [-0.39, 0.29) is 17.2 Å². The molecule has 0 aliphatic carbocycles. The van der Waals surface area contributed by atoms with E-state index in [1.165, 1.54) is 5.57 Å². The molecule has 184 valence electrons. The number of carbonyl (C=O) groups excluding carboxylic acids is 1. The number of hydrogen-bond acceptors (Lipinski definition) is 2. The van der Waals surface area contributed by atoms with Crippen LogP contribution in [0.1, 0.15) is 92.2 Å². The zero-order valence-corrected chi connectivity index (χ0v) is 22.5. The summed E-state index contributed by atoms with van der Waals surface area (Å²) in [7, 11) is 0. The number of carboxylic acids is 1. The number of carboxylic acid groups (broad SMARTS) is 1. The van der Waals surface area contributed by atoms with Crippen molar-refractivity contribution in [1.29, 1.82) is 0 Å². The van der Waals surface area contributed by atoms with E-state index in [0.717, 1.165) is 29.0 Å². The first-order valence-corrected chi connectivity index (χ1v) is 12.5. The Morgan fingerprint density at radius 1 is 1.18 bits per heavy atom. The fraction of sp³-hybridized carbons (Fsp3) is 0.643. The molecule has 2 rings (SSSR count). The van der Waals surface area contributed by atoms with Crippen molar-refractivity contribution in [3.63, 3.8) is 0 Å². The lowest BCUT2D eigenvalue weighted by Gasteiger charge is -2.41. The molecule has 0 spiro atoms. The maximum atomic E-state index is 13.1. The summed E-state index contributed by atoms with van der Waals surface area (Å²) < 4.78 is 0. The van der Waals surface area contributed by atoms with Gasteiger partial charge in [0.2, 0.25) is 5.91 Å². The van der Waals surface area contributed by atoms with Crippen LogP contribution in [0.2, 0.25) is 5.02 Å². The second-order valence-electron chi connectivity index (χ2n) is 12.0. The van der Waals surface area contributed by atoms with Crippen LogP contribution in [0, 0.1) is 16.7 Å². The Morgan fingerprint density at radius 3 is 2.33 bits per heavy atom. The van der Waals surface area contributed by atoms with E-state index in [4.69, 9.17) is 11.6 Å². The molecule has 1 aliphatic heterocycles. The highest BCUT2D eigenvalue weighted by Gasteiger charge is 2.40. The first-order chi connectivity index (χ1) is 15.1. The average molecular weight is 476 g/mol. The van der Waals surface area contributed by atoms with Gasteiger partial charge >= 0.3 is 5.97 Å². The molecule has 1 atom stereocenters. The molecule has 0 saturated carbocycles. The third kappa shape index (κ3) is 6.85. The third-order valence-corrected chi connectivity index (χ3v) is 7.35. The van der Waals surface area contributed by atoms with Gasteiger partial charge in [-0.1, -0.05) is 65.3 Å². The minimum Gasteiger partial charge on any atom is -0.481 e. The van der Waals surface area contributed by atoms with E-state index >= 15 is 0 Å². The molecule has 5 heteroatoms. The lowest BCUT2D eigenvalue weighted by atomic mass is 9.68. The van der Waals surface area contributed by atoms with Gasteiger partial charge in [-0.2, -0.15) is 0 Å². The molecular weight excluding hydrogens is 434 g/mol. The van der Waals surface area contributed by atoms with Crippen LogP contribution in [0.4, 0.5) is 0 Å². The number of amides is 1. The number of benzene rings is 1. The van der Waals surface area contributed by atoms with Gasteiger partial charge in [-0.25, -0.2) is 0 Å². The average Bonchev–Trinajstić information content (AvgIpc) is 2.67. The normalized spacial score (nSPS) is 19.8. The van der Waals surface area contributed by atoms with Crippen LogP contribution in [0.3, 0.4) is 0 Å². The van der Waals surface area contributed by atoms with Gasteiger partial charge in [-0.3, -0.25) is 9.59 Å². The Hall–Kier alpha value is -1.81. The number of hydrogen-bond donors (Lipinski definition) is 1. The molecule has 1 aromatic rings. The molecule has 1 N–H and O–H groups in total. The van der Waals surface area contributed by atoms with Crippen LogP contribution in [-0.4, -0.2) is 28.4 Å². The number of allylic oxidation sites excluding steroid dienone is 1. The van der Waals surface area contributed by atoms with Gasteiger partial charge in [-0.05, 0) is 73.6 Å². The first kappa shape index (κ1) is 27.4. The van der Waals surface area contributed by atoms with Crippen LogP contribution in [0.25, 0.3) is 0 Å². The summed E-state index contributed by atoms with van der Waals surface area (Å²) >= 11 is 6.71. The molecule has 0 bridgehead atoms. The Kier molecular flexibility index (Phi) is 8.49. The van der Waals surface area contributed by atoms with Gasteiger partial charge in [0.25, 0.3) is 0 Å². The monoisotopic (exact) mass is 475 g/mol. The predicted octanol–water partition coefficient (Wildman–Crippen LogP) is 7.24. The molecule has 1 heterocycles. The van der Waals surface area contributed by atoms with E-state index in [9.17, 15) is 14.7 Å². The largest absolute Gasteiger partial charge is 0.481 e. The van der Waals surface area contributed by atoms with Crippen molar-refractivity contribution in [2.45, 2.75) is 92.9 Å². The van der Waals surface area contributed by atoms with Crippen LogP contribution in [0.5, 0.6) is 0 Å². The summed E-state index contributed by atoms with van der Waals surface area (Å²) in [5, 5.41) is 10.1. The molecule has 33 heavy (non-hydrogen) atoms. The van der Waals surface area contributed by atoms with Crippen molar-refractivity contribution in [3.8, 4) is 0 Å². The quantitative estimate of drug-likeness (QED) is 0.409. The summed E-state index contributed by atoms with van der Waals surface area (Å²) in [6, 6.07) is 6.31. The van der Waals surface area contributed by atoms with Crippen molar-refractivity contribution in [2.24, 2.45) is 16.7 Å². The Balaban J connectivity index is 2.27.